The van der Waals surface area contributed by atoms with Gasteiger partial charge < -0.3 is 5.32 Å². The summed E-state index contributed by atoms with van der Waals surface area (Å²) in [6, 6.07) is 8.28. The Morgan fingerprint density at radius 2 is 1.74 bits per heavy atom. The molecule has 0 aliphatic heterocycles. The smallest absolute Gasteiger partial charge is 0.350 e. The normalized spacial score (nSPS) is 12.0. The number of carbonyl (C=O) groups is 1. The highest BCUT2D eigenvalue weighted by atomic mass is 35.5. The van der Waals surface area contributed by atoms with E-state index in [-0.39, 0.29) is 11.6 Å². The van der Waals surface area contributed by atoms with E-state index in [1.165, 1.54) is 0 Å². The summed E-state index contributed by atoms with van der Waals surface area (Å²) in [7, 11) is -4.08. The molecule has 0 spiro atoms. The van der Waals surface area contributed by atoms with Crippen LogP contribution in [0, 0.1) is 0 Å². The molecule has 0 unspecified atom stereocenters. The van der Waals surface area contributed by atoms with Crippen molar-refractivity contribution >= 4 is 33.2 Å². The maximum atomic E-state index is 13.1. The molecular weight excluding hydrogens is 453 g/mol. The standard InChI is InChI=1S/C21H24ClF3N2O3S/c1-4-14-6-7-15(5-2)16(10-14)12-26-20(28)13-27(31(3,29)30)19-11-17(21(23,24)25)8-9-18(19)22/h6-11H,4-5,12-13H2,1-3H3,(H,26,28). The lowest BCUT2D eigenvalue weighted by atomic mass is 10.0. The fraction of sp³-hybridized carbons (Fsp3) is 0.381. The number of nitrogens with zero attached hydrogens (tertiary/aromatic N) is 1. The van der Waals surface area contributed by atoms with Crippen molar-refractivity contribution in [2.75, 3.05) is 17.1 Å². The average Bonchev–Trinajstić information content (AvgIpc) is 2.69. The zero-order valence-corrected chi connectivity index (χ0v) is 19.0. The molecule has 2 aromatic rings. The highest BCUT2D eigenvalue weighted by Gasteiger charge is 2.33. The molecule has 2 rings (SSSR count). The molecule has 0 saturated carbocycles. The molecule has 10 heteroatoms. The van der Waals surface area contributed by atoms with E-state index in [4.69, 9.17) is 11.6 Å². The highest BCUT2D eigenvalue weighted by Crippen LogP contribution is 2.36. The van der Waals surface area contributed by atoms with Gasteiger partial charge in [0.15, 0.2) is 0 Å². The van der Waals surface area contributed by atoms with Gasteiger partial charge in [-0.15, -0.1) is 0 Å². The van der Waals surface area contributed by atoms with E-state index in [1.54, 1.807) is 0 Å². The first kappa shape index (κ1) is 25.0. The summed E-state index contributed by atoms with van der Waals surface area (Å²) in [6.45, 7) is 3.46. The van der Waals surface area contributed by atoms with Crippen LogP contribution in [-0.4, -0.2) is 27.1 Å². The van der Waals surface area contributed by atoms with Gasteiger partial charge in [0.25, 0.3) is 0 Å². The van der Waals surface area contributed by atoms with Crippen LogP contribution in [0.2, 0.25) is 5.02 Å². The number of carbonyl (C=O) groups excluding carboxylic acids is 1. The lowest BCUT2D eigenvalue weighted by Gasteiger charge is -2.24. The fourth-order valence-corrected chi connectivity index (χ4v) is 4.18. The van der Waals surface area contributed by atoms with Crippen molar-refractivity contribution in [2.24, 2.45) is 0 Å². The summed E-state index contributed by atoms with van der Waals surface area (Å²) in [5.41, 5.74) is 1.56. The third-order valence-corrected chi connectivity index (χ3v) is 6.21. The van der Waals surface area contributed by atoms with E-state index >= 15 is 0 Å². The Balaban J connectivity index is 2.26. The maximum Gasteiger partial charge on any atom is 0.416 e. The number of aryl methyl sites for hydroxylation is 2. The Hall–Kier alpha value is -2.26. The maximum absolute atomic E-state index is 13.1. The van der Waals surface area contributed by atoms with Crippen LogP contribution in [-0.2, 0) is 40.4 Å². The lowest BCUT2D eigenvalue weighted by Crippen LogP contribution is -2.40. The van der Waals surface area contributed by atoms with Gasteiger partial charge in [-0.05, 0) is 47.7 Å². The first-order chi connectivity index (χ1) is 14.4. The summed E-state index contributed by atoms with van der Waals surface area (Å²) in [4.78, 5) is 12.5. The Bertz CT molecular complexity index is 1060. The molecule has 0 saturated heterocycles. The van der Waals surface area contributed by atoms with Gasteiger partial charge in [-0.1, -0.05) is 43.6 Å². The zero-order valence-electron chi connectivity index (χ0n) is 17.4. The third-order valence-electron chi connectivity index (χ3n) is 4.77. The van der Waals surface area contributed by atoms with Crippen molar-refractivity contribution in [2.45, 2.75) is 39.4 Å². The quantitative estimate of drug-likeness (QED) is 0.607. The molecule has 5 nitrogen and oxygen atoms in total. The number of halogens is 4. The molecule has 31 heavy (non-hydrogen) atoms. The van der Waals surface area contributed by atoms with Crippen molar-refractivity contribution < 1.29 is 26.4 Å². The van der Waals surface area contributed by atoms with Crippen molar-refractivity contribution in [3.63, 3.8) is 0 Å². The van der Waals surface area contributed by atoms with Crippen LogP contribution in [0.25, 0.3) is 0 Å². The van der Waals surface area contributed by atoms with E-state index in [1.807, 2.05) is 32.0 Å². The van der Waals surface area contributed by atoms with Crippen LogP contribution in [0.1, 0.15) is 36.1 Å². The number of benzene rings is 2. The Labute approximate surface area is 185 Å². The van der Waals surface area contributed by atoms with Crippen LogP contribution in [0.5, 0.6) is 0 Å². The van der Waals surface area contributed by atoms with Gasteiger partial charge in [-0.3, -0.25) is 9.10 Å². The molecule has 0 fully saturated rings. The van der Waals surface area contributed by atoms with Gasteiger partial charge in [0.05, 0.1) is 22.5 Å². The number of hydrogen-bond donors (Lipinski definition) is 1. The van der Waals surface area contributed by atoms with E-state index in [0.717, 1.165) is 47.9 Å². The van der Waals surface area contributed by atoms with Crippen molar-refractivity contribution in [3.05, 3.63) is 63.7 Å². The number of hydrogen-bond acceptors (Lipinski definition) is 3. The minimum Gasteiger partial charge on any atom is -0.350 e. The summed E-state index contributed by atoms with van der Waals surface area (Å²) in [6.07, 6.45) is -2.31. The van der Waals surface area contributed by atoms with Crippen LogP contribution in [0.15, 0.2) is 36.4 Å². The van der Waals surface area contributed by atoms with Crippen LogP contribution in [0.4, 0.5) is 18.9 Å². The molecule has 0 heterocycles. The van der Waals surface area contributed by atoms with E-state index in [0.29, 0.717) is 10.4 Å². The Kier molecular flexibility index (Phi) is 7.99. The largest absolute Gasteiger partial charge is 0.416 e. The summed E-state index contributed by atoms with van der Waals surface area (Å²) in [5, 5.41) is 2.44. The molecule has 1 N–H and O–H groups in total. The van der Waals surface area contributed by atoms with Gasteiger partial charge in [0, 0.05) is 6.54 Å². The lowest BCUT2D eigenvalue weighted by molar-refractivity contribution is -0.137. The van der Waals surface area contributed by atoms with Crippen molar-refractivity contribution in [1.29, 1.82) is 0 Å². The first-order valence-electron chi connectivity index (χ1n) is 9.58. The second-order valence-corrected chi connectivity index (χ2v) is 9.33. The molecule has 0 aliphatic carbocycles. The predicted octanol–water partition coefficient (Wildman–Crippen LogP) is 4.57. The number of nitrogens with one attached hydrogen (secondary N) is 1. The fourth-order valence-electron chi connectivity index (χ4n) is 3.05. The molecule has 1 amide bonds. The van der Waals surface area contributed by atoms with Crippen molar-refractivity contribution in [3.8, 4) is 0 Å². The van der Waals surface area contributed by atoms with Gasteiger partial charge >= 0.3 is 6.18 Å². The highest BCUT2D eigenvalue weighted by molar-refractivity contribution is 7.92. The molecule has 0 radical (unpaired) electrons. The van der Waals surface area contributed by atoms with Gasteiger partial charge in [-0.2, -0.15) is 13.2 Å². The summed E-state index contributed by atoms with van der Waals surface area (Å²) >= 11 is 5.97. The SMILES string of the molecule is CCc1ccc(CC)c(CNC(=O)CN(c2cc(C(F)(F)F)ccc2Cl)S(C)(=O)=O)c1. The second-order valence-electron chi connectivity index (χ2n) is 7.02. The second kappa shape index (κ2) is 9.91. The number of sulfonamides is 1. The van der Waals surface area contributed by atoms with E-state index < -0.39 is 39.9 Å². The molecule has 0 aliphatic rings. The molecule has 2 aromatic carbocycles. The van der Waals surface area contributed by atoms with Crippen molar-refractivity contribution in [1.82, 2.24) is 5.32 Å². The summed E-state index contributed by atoms with van der Waals surface area (Å²) < 4.78 is 64.3. The number of rotatable bonds is 8. The molecular formula is C21H24ClF3N2O3S. The van der Waals surface area contributed by atoms with E-state index in [9.17, 15) is 26.4 Å². The summed E-state index contributed by atoms with van der Waals surface area (Å²) in [5.74, 6) is -0.664. The Morgan fingerprint density at radius 1 is 1.06 bits per heavy atom. The predicted molar refractivity (Wildman–Crippen MR) is 116 cm³/mol. The van der Waals surface area contributed by atoms with Crippen LogP contribution >= 0.6 is 11.6 Å². The minimum absolute atomic E-state index is 0.170. The topological polar surface area (TPSA) is 66.5 Å². The molecule has 0 atom stereocenters. The molecule has 0 bridgehead atoms. The van der Waals surface area contributed by atoms with Gasteiger partial charge in [-0.25, -0.2) is 8.42 Å². The average molecular weight is 477 g/mol. The number of alkyl halides is 3. The van der Waals surface area contributed by atoms with E-state index in [2.05, 4.69) is 5.32 Å². The zero-order chi connectivity index (χ0) is 23.4. The molecule has 0 aromatic heterocycles. The molecule has 170 valence electrons. The number of amides is 1. The first-order valence-corrected chi connectivity index (χ1v) is 11.8. The van der Waals surface area contributed by atoms with Gasteiger partial charge in [0.2, 0.25) is 15.9 Å². The van der Waals surface area contributed by atoms with Crippen LogP contribution < -0.4 is 9.62 Å². The minimum atomic E-state index is -4.69. The Morgan fingerprint density at radius 3 is 2.29 bits per heavy atom. The van der Waals surface area contributed by atoms with Gasteiger partial charge in [0.1, 0.15) is 6.54 Å². The number of anilines is 1. The van der Waals surface area contributed by atoms with Crippen LogP contribution in [0.3, 0.4) is 0 Å². The monoisotopic (exact) mass is 476 g/mol. The third kappa shape index (κ3) is 6.61.